The van der Waals surface area contributed by atoms with Crippen LogP contribution in [0.15, 0.2) is 24.3 Å². The molecular weight excluding hydrogens is 264 g/mol. The van der Waals surface area contributed by atoms with Gasteiger partial charge in [0.05, 0.1) is 10.8 Å². The first-order valence-corrected chi connectivity index (χ1v) is 6.17. The quantitative estimate of drug-likeness (QED) is 0.665. The monoisotopic (exact) mass is 278 g/mol. The van der Waals surface area contributed by atoms with Crippen LogP contribution in [0, 0.1) is 22.0 Å². The lowest BCUT2D eigenvalue weighted by Gasteiger charge is -2.15. The van der Waals surface area contributed by atoms with E-state index in [1.807, 2.05) is 0 Å². The number of rotatable bonds is 3. The number of carboxylic acid groups (broad SMARTS) is 1. The Bertz CT molecular complexity index is 572. The Balaban J connectivity index is 2.26. The van der Waals surface area contributed by atoms with Crippen molar-refractivity contribution in [3.63, 3.8) is 0 Å². The molecule has 0 spiro atoms. The summed E-state index contributed by atoms with van der Waals surface area (Å²) in [5, 5.41) is 20.0. The Hall–Kier alpha value is -2.44. The van der Waals surface area contributed by atoms with Gasteiger partial charge in [-0.05, 0) is 12.0 Å². The van der Waals surface area contributed by atoms with E-state index in [2.05, 4.69) is 0 Å². The van der Waals surface area contributed by atoms with Crippen molar-refractivity contribution < 1.29 is 19.6 Å². The third-order valence-electron chi connectivity index (χ3n) is 3.55. The van der Waals surface area contributed by atoms with Crippen LogP contribution in [-0.4, -0.2) is 39.9 Å². The summed E-state index contributed by atoms with van der Waals surface area (Å²) in [7, 11) is 0. The van der Waals surface area contributed by atoms with E-state index >= 15 is 0 Å². The normalized spacial score (nSPS) is 21.8. The van der Waals surface area contributed by atoms with Crippen LogP contribution in [0.5, 0.6) is 0 Å². The second-order valence-corrected chi connectivity index (χ2v) is 4.91. The van der Waals surface area contributed by atoms with E-state index in [1.54, 1.807) is 13.0 Å². The highest BCUT2D eigenvalue weighted by Crippen LogP contribution is 2.27. The van der Waals surface area contributed by atoms with Crippen LogP contribution in [0.4, 0.5) is 5.69 Å². The number of likely N-dealkylation sites (tertiary alicyclic amines) is 1. The fourth-order valence-corrected chi connectivity index (χ4v) is 2.44. The zero-order chi connectivity index (χ0) is 14.9. The molecule has 1 aliphatic rings. The topological polar surface area (TPSA) is 101 Å². The van der Waals surface area contributed by atoms with Gasteiger partial charge in [-0.1, -0.05) is 19.1 Å². The first kappa shape index (κ1) is 14.0. The van der Waals surface area contributed by atoms with Crippen LogP contribution < -0.4 is 0 Å². The molecule has 1 N–H and O–H groups in total. The average Bonchev–Trinajstić information content (AvgIpc) is 2.80. The summed E-state index contributed by atoms with van der Waals surface area (Å²) in [4.78, 5) is 35.0. The highest BCUT2D eigenvalue weighted by atomic mass is 16.6. The summed E-state index contributed by atoms with van der Waals surface area (Å²) >= 11 is 0. The van der Waals surface area contributed by atoms with Gasteiger partial charge in [0.2, 0.25) is 0 Å². The summed E-state index contributed by atoms with van der Waals surface area (Å²) < 4.78 is 0. The predicted octanol–water partition coefficient (Wildman–Crippen LogP) is 1.39. The van der Waals surface area contributed by atoms with Gasteiger partial charge in [-0.25, -0.2) is 0 Å². The third kappa shape index (κ3) is 2.47. The number of carbonyl (C=O) groups excluding carboxylic acids is 1. The van der Waals surface area contributed by atoms with Gasteiger partial charge in [0.15, 0.2) is 0 Å². The molecule has 0 bridgehead atoms. The van der Waals surface area contributed by atoms with E-state index in [0.717, 1.165) is 0 Å². The molecule has 1 saturated heterocycles. The molecule has 0 saturated carbocycles. The molecule has 7 heteroatoms. The summed E-state index contributed by atoms with van der Waals surface area (Å²) in [6, 6.07) is 5.69. The number of carbonyl (C=O) groups is 2. The average molecular weight is 278 g/mol. The van der Waals surface area contributed by atoms with Crippen LogP contribution in [-0.2, 0) is 4.79 Å². The summed E-state index contributed by atoms with van der Waals surface area (Å²) in [5.74, 6) is -2.23. The fraction of sp³-hybridized carbons (Fsp3) is 0.385. The smallest absolute Gasteiger partial charge is 0.308 e. The highest BCUT2D eigenvalue weighted by molar-refractivity contribution is 5.98. The summed E-state index contributed by atoms with van der Waals surface area (Å²) in [5.41, 5.74) is -0.264. The van der Waals surface area contributed by atoms with Crippen molar-refractivity contribution in [2.24, 2.45) is 11.8 Å². The standard InChI is InChI=1S/C13H14N2O5/c1-8-6-14(7-10(8)13(17)18)12(16)9-4-2-3-5-11(9)15(19)20/h2-5,8,10H,6-7H2,1H3,(H,17,18). The van der Waals surface area contributed by atoms with Gasteiger partial charge in [-0.3, -0.25) is 19.7 Å². The molecule has 1 aromatic rings. The maximum absolute atomic E-state index is 12.3. The summed E-state index contributed by atoms with van der Waals surface area (Å²) in [6.45, 7) is 2.13. The van der Waals surface area contributed by atoms with Crippen molar-refractivity contribution in [2.45, 2.75) is 6.92 Å². The predicted molar refractivity (Wildman–Crippen MR) is 69.3 cm³/mol. The minimum Gasteiger partial charge on any atom is -0.481 e. The van der Waals surface area contributed by atoms with Crippen LogP contribution in [0.25, 0.3) is 0 Å². The van der Waals surface area contributed by atoms with Crippen LogP contribution in [0.3, 0.4) is 0 Å². The van der Waals surface area contributed by atoms with Crippen molar-refractivity contribution in [1.82, 2.24) is 4.90 Å². The lowest BCUT2D eigenvalue weighted by molar-refractivity contribution is -0.385. The van der Waals surface area contributed by atoms with E-state index in [9.17, 15) is 19.7 Å². The molecule has 1 fully saturated rings. The van der Waals surface area contributed by atoms with Crippen LogP contribution in [0.2, 0.25) is 0 Å². The van der Waals surface area contributed by atoms with E-state index in [1.165, 1.54) is 23.1 Å². The number of nitrogens with zero attached hydrogens (tertiary/aromatic N) is 2. The molecule has 0 aromatic heterocycles. The van der Waals surface area contributed by atoms with E-state index in [4.69, 9.17) is 5.11 Å². The molecule has 2 atom stereocenters. The van der Waals surface area contributed by atoms with Gasteiger partial charge in [-0.15, -0.1) is 0 Å². The molecule has 1 amide bonds. The first-order valence-electron chi connectivity index (χ1n) is 6.17. The van der Waals surface area contributed by atoms with Crippen molar-refractivity contribution in [3.05, 3.63) is 39.9 Å². The molecular formula is C13H14N2O5. The maximum Gasteiger partial charge on any atom is 0.308 e. The number of hydrogen-bond donors (Lipinski definition) is 1. The number of carboxylic acids is 1. The number of nitro benzene ring substituents is 1. The Labute approximate surface area is 115 Å². The van der Waals surface area contributed by atoms with E-state index in [0.29, 0.717) is 6.54 Å². The Morgan fingerprint density at radius 3 is 2.55 bits per heavy atom. The number of amides is 1. The fourth-order valence-electron chi connectivity index (χ4n) is 2.44. The highest BCUT2D eigenvalue weighted by Gasteiger charge is 2.38. The molecule has 1 aromatic carbocycles. The molecule has 0 radical (unpaired) electrons. The number of hydrogen-bond acceptors (Lipinski definition) is 4. The number of para-hydroxylation sites is 1. The van der Waals surface area contributed by atoms with Gasteiger partial charge in [0, 0.05) is 19.2 Å². The molecule has 1 heterocycles. The second kappa shape index (κ2) is 5.28. The molecule has 7 nitrogen and oxygen atoms in total. The Morgan fingerprint density at radius 2 is 2.00 bits per heavy atom. The largest absolute Gasteiger partial charge is 0.481 e. The van der Waals surface area contributed by atoms with E-state index in [-0.39, 0.29) is 23.7 Å². The second-order valence-electron chi connectivity index (χ2n) is 4.91. The van der Waals surface area contributed by atoms with Gasteiger partial charge in [0.1, 0.15) is 5.56 Å². The molecule has 2 rings (SSSR count). The lowest BCUT2D eigenvalue weighted by atomic mass is 9.99. The Kier molecular flexibility index (Phi) is 3.69. The minimum absolute atomic E-state index is 0.00395. The zero-order valence-corrected chi connectivity index (χ0v) is 10.9. The van der Waals surface area contributed by atoms with Gasteiger partial charge in [-0.2, -0.15) is 0 Å². The first-order chi connectivity index (χ1) is 9.41. The molecule has 20 heavy (non-hydrogen) atoms. The molecule has 1 aliphatic heterocycles. The minimum atomic E-state index is -0.949. The molecule has 106 valence electrons. The van der Waals surface area contributed by atoms with Crippen LogP contribution >= 0.6 is 0 Å². The lowest BCUT2D eigenvalue weighted by Crippen LogP contribution is -2.30. The number of nitro groups is 1. The SMILES string of the molecule is CC1CN(C(=O)c2ccccc2[N+](=O)[O-])CC1C(=O)O. The third-order valence-corrected chi connectivity index (χ3v) is 3.55. The van der Waals surface area contributed by atoms with Crippen molar-refractivity contribution in [3.8, 4) is 0 Å². The summed E-state index contributed by atoms with van der Waals surface area (Å²) in [6.07, 6.45) is 0. The van der Waals surface area contributed by atoms with Crippen molar-refractivity contribution in [2.75, 3.05) is 13.1 Å². The van der Waals surface area contributed by atoms with Crippen molar-refractivity contribution >= 4 is 17.6 Å². The molecule has 0 aliphatic carbocycles. The Morgan fingerprint density at radius 1 is 1.35 bits per heavy atom. The van der Waals surface area contributed by atoms with Crippen molar-refractivity contribution in [1.29, 1.82) is 0 Å². The van der Waals surface area contributed by atoms with Gasteiger partial charge < -0.3 is 10.0 Å². The number of aliphatic carboxylic acids is 1. The van der Waals surface area contributed by atoms with Gasteiger partial charge >= 0.3 is 5.97 Å². The zero-order valence-electron chi connectivity index (χ0n) is 10.9. The number of benzene rings is 1. The van der Waals surface area contributed by atoms with E-state index < -0.39 is 22.7 Å². The maximum atomic E-state index is 12.3. The van der Waals surface area contributed by atoms with Gasteiger partial charge in [0.25, 0.3) is 11.6 Å². The van der Waals surface area contributed by atoms with Crippen LogP contribution in [0.1, 0.15) is 17.3 Å². The molecule has 2 unspecified atom stereocenters.